The molecule has 0 fully saturated rings. The van der Waals surface area contributed by atoms with Crippen molar-refractivity contribution < 1.29 is 22.4 Å². The van der Waals surface area contributed by atoms with Crippen molar-refractivity contribution in [1.82, 2.24) is 15.0 Å². The number of carbonyl (C=O) groups is 1. The maximum atomic E-state index is 13.9. The van der Waals surface area contributed by atoms with Crippen molar-refractivity contribution in [3.8, 4) is 11.3 Å². The van der Waals surface area contributed by atoms with Gasteiger partial charge in [0.15, 0.2) is 11.6 Å². The minimum absolute atomic E-state index is 0.0411. The quantitative estimate of drug-likeness (QED) is 0.633. The fraction of sp³-hybridized carbons (Fsp3) is 0.200. The molecule has 2 aromatic heterocycles. The molecule has 0 unspecified atom stereocenters. The molecule has 0 atom stereocenters. The summed E-state index contributed by atoms with van der Waals surface area (Å²) < 4.78 is 53.0. The number of nitrogens with zero attached hydrogens (tertiary/aromatic N) is 3. The lowest BCUT2D eigenvalue weighted by Crippen LogP contribution is -2.16. The van der Waals surface area contributed by atoms with Crippen LogP contribution in [0.1, 0.15) is 34.0 Å². The third-order valence-electron chi connectivity index (χ3n) is 4.30. The third kappa shape index (κ3) is 4.39. The molecule has 29 heavy (non-hydrogen) atoms. The van der Waals surface area contributed by atoms with Crippen LogP contribution >= 0.6 is 0 Å². The van der Waals surface area contributed by atoms with Gasteiger partial charge in [-0.15, -0.1) is 0 Å². The molecule has 0 aliphatic heterocycles. The summed E-state index contributed by atoms with van der Waals surface area (Å²) in [6.45, 7) is 3.36. The molecule has 2 heterocycles. The number of rotatable bonds is 4. The van der Waals surface area contributed by atoms with E-state index in [1.807, 2.05) is 6.92 Å². The molecular weight excluding hydrogens is 388 g/mol. The second kappa shape index (κ2) is 7.94. The molecule has 0 spiro atoms. The smallest absolute Gasteiger partial charge is 0.305 e. The van der Waals surface area contributed by atoms with Gasteiger partial charge in [0.25, 0.3) is 5.91 Å². The van der Waals surface area contributed by atoms with Crippen molar-refractivity contribution in [1.29, 1.82) is 0 Å². The maximum absolute atomic E-state index is 13.9. The first-order valence-electron chi connectivity index (χ1n) is 8.64. The van der Waals surface area contributed by atoms with Gasteiger partial charge in [-0.2, -0.15) is 13.2 Å². The monoisotopic (exact) mass is 404 g/mol. The molecule has 3 aromatic rings. The van der Waals surface area contributed by atoms with Crippen LogP contribution in [0.4, 0.5) is 23.4 Å². The lowest BCUT2D eigenvalue weighted by atomic mass is 9.99. The molecule has 1 N–H and O–H groups in total. The number of pyridine rings is 1. The number of aromatic nitrogens is 3. The van der Waals surface area contributed by atoms with Gasteiger partial charge in [-0.05, 0) is 36.6 Å². The van der Waals surface area contributed by atoms with Crippen LogP contribution in [0.5, 0.6) is 0 Å². The Labute approximate surface area is 163 Å². The first-order valence-corrected chi connectivity index (χ1v) is 8.64. The van der Waals surface area contributed by atoms with Gasteiger partial charge in [0, 0.05) is 11.8 Å². The van der Waals surface area contributed by atoms with Crippen molar-refractivity contribution in [2.24, 2.45) is 0 Å². The van der Waals surface area contributed by atoms with Crippen molar-refractivity contribution in [3.05, 3.63) is 71.1 Å². The predicted molar refractivity (Wildman–Crippen MR) is 98.7 cm³/mol. The number of amides is 1. The highest BCUT2D eigenvalue weighted by molar-refractivity contribution is 6.04. The van der Waals surface area contributed by atoms with Crippen LogP contribution in [-0.2, 0) is 12.6 Å². The van der Waals surface area contributed by atoms with E-state index in [4.69, 9.17) is 0 Å². The summed E-state index contributed by atoms with van der Waals surface area (Å²) >= 11 is 0. The van der Waals surface area contributed by atoms with Gasteiger partial charge in [-0.3, -0.25) is 14.8 Å². The van der Waals surface area contributed by atoms with Crippen molar-refractivity contribution >= 4 is 11.7 Å². The van der Waals surface area contributed by atoms with E-state index in [1.54, 1.807) is 6.92 Å². The molecule has 0 bridgehead atoms. The van der Waals surface area contributed by atoms with Gasteiger partial charge in [0.2, 0.25) is 0 Å². The summed E-state index contributed by atoms with van der Waals surface area (Å²) in [5, 5.41) is 2.42. The topological polar surface area (TPSA) is 67.8 Å². The van der Waals surface area contributed by atoms with Crippen molar-refractivity contribution in [3.63, 3.8) is 0 Å². The van der Waals surface area contributed by atoms with E-state index in [1.165, 1.54) is 24.7 Å². The summed E-state index contributed by atoms with van der Waals surface area (Å²) in [7, 11) is 0. The number of anilines is 1. The molecule has 0 radical (unpaired) electrons. The fourth-order valence-corrected chi connectivity index (χ4v) is 2.83. The molecule has 5 nitrogen and oxygen atoms in total. The average Bonchev–Trinajstić information content (AvgIpc) is 2.67. The van der Waals surface area contributed by atoms with Crippen LogP contribution < -0.4 is 5.32 Å². The highest BCUT2D eigenvalue weighted by atomic mass is 19.4. The van der Waals surface area contributed by atoms with E-state index >= 15 is 0 Å². The summed E-state index contributed by atoms with van der Waals surface area (Å²) in [4.78, 5) is 24.1. The van der Waals surface area contributed by atoms with Crippen molar-refractivity contribution in [2.45, 2.75) is 26.4 Å². The molecule has 1 amide bonds. The summed E-state index contributed by atoms with van der Waals surface area (Å²) in [6.07, 6.45) is 0.785. The van der Waals surface area contributed by atoms with E-state index in [0.717, 1.165) is 18.3 Å². The Hall–Kier alpha value is -3.36. The zero-order chi connectivity index (χ0) is 21.2. The number of nitrogens with one attached hydrogen (secondary N) is 1. The van der Waals surface area contributed by atoms with E-state index in [9.17, 15) is 22.4 Å². The highest BCUT2D eigenvalue weighted by Gasteiger charge is 2.31. The van der Waals surface area contributed by atoms with Gasteiger partial charge in [0.05, 0.1) is 35.4 Å². The fourth-order valence-electron chi connectivity index (χ4n) is 2.83. The third-order valence-corrected chi connectivity index (χ3v) is 4.30. The lowest BCUT2D eigenvalue weighted by Gasteiger charge is -2.13. The highest BCUT2D eigenvalue weighted by Crippen LogP contribution is 2.33. The number of benzene rings is 1. The van der Waals surface area contributed by atoms with Crippen LogP contribution in [0.25, 0.3) is 11.3 Å². The Bertz CT molecular complexity index is 1030. The van der Waals surface area contributed by atoms with E-state index < -0.39 is 23.5 Å². The minimum atomic E-state index is -4.48. The molecule has 0 saturated carbocycles. The largest absolute Gasteiger partial charge is 0.416 e. The first-order chi connectivity index (χ1) is 13.7. The van der Waals surface area contributed by atoms with E-state index in [2.05, 4.69) is 20.3 Å². The molecule has 9 heteroatoms. The number of carbonyl (C=O) groups excluding carboxylic acids is 1. The van der Waals surface area contributed by atoms with Crippen LogP contribution in [0.3, 0.4) is 0 Å². The Morgan fingerprint density at radius 2 is 1.86 bits per heavy atom. The van der Waals surface area contributed by atoms with Crippen molar-refractivity contribution in [2.75, 3.05) is 5.32 Å². The molecule has 1 aromatic carbocycles. The summed E-state index contributed by atoms with van der Waals surface area (Å²) in [5.74, 6) is -1.46. The number of hydrogen-bond acceptors (Lipinski definition) is 4. The Kier molecular flexibility index (Phi) is 5.58. The van der Waals surface area contributed by atoms with Crippen LogP contribution in [-0.4, -0.2) is 20.9 Å². The average molecular weight is 404 g/mol. The Balaban J connectivity index is 1.88. The molecule has 3 rings (SSSR count). The number of alkyl halides is 3. The first kappa shape index (κ1) is 20.4. The second-order valence-electron chi connectivity index (χ2n) is 6.28. The van der Waals surface area contributed by atoms with Gasteiger partial charge < -0.3 is 5.32 Å². The minimum Gasteiger partial charge on any atom is -0.305 e. The van der Waals surface area contributed by atoms with Gasteiger partial charge >= 0.3 is 6.18 Å². The normalized spacial score (nSPS) is 11.4. The summed E-state index contributed by atoms with van der Waals surface area (Å²) in [5.41, 5.74) is 0.618. The molecule has 0 saturated heterocycles. The molecular formula is C20H16F4N4O. The van der Waals surface area contributed by atoms with E-state index in [-0.39, 0.29) is 17.1 Å². The van der Waals surface area contributed by atoms with Gasteiger partial charge in [0.1, 0.15) is 0 Å². The number of hydrogen-bond donors (Lipinski definition) is 1. The van der Waals surface area contributed by atoms with Gasteiger partial charge in [-0.1, -0.05) is 13.0 Å². The van der Waals surface area contributed by atoms with Crippen LogP contribution in [0.2, 0.25) is 0 Å². The number of halogens is 4. The maximum Gasteiger partial charge on any atom is 0.416 e. The zero-order valence-electron chi connectivity index (χ0n) is 15.5. The van der Waals surface area contributed by atoms with Crippen LogP contribution in [0.15, 0.2) is 43.0 Å². The van der Waals surface area contributed by atoms with Crippen LogP contribution in [0, 0.1) is 12.7 Å². The standard InChI is InChI=1S/C20H16F4N4O/c1-3-12-4-5-13(20(22,23)24)6-14(12)16-9-27-17(10-26-16)28-19(29)18-11(2)7-25-8-15(18)21/h4-10H,3H2,1-2H3,(H,27,28,29). The molecule has 0 aliphatic carbocycles. The molecule has 150 valence electrons. The lowest BCUT2D eigenvalue weighted by molar-refractivity contribution is -0.137. The SMILES string of the molecule is CCc1ccc(C(F)(F)F)cc1-c1cnc(NC(=O)c2c(C)cncc2F)cn1. The number of aryl methyl sites for hydroxylation is 2. The Morgan fingerprint density at radius 1 is 1.10 bits per heavy atom. The Morgan fingerprint density at radius 3 is 2.45 bits per heavy atom. The van der Waals surface area contributed by atoms with Gasteiger partial charge in [-0.25, -0.2) is 9.37 Å². The predicted octanol–water partition coefficient (Wildman–Crippen LogP) is 4.82. The van der Waals surface area contributed by atoms with E-state index in [0.29, 0.717) is 23.1 Å². The zero-order valence-corrected chi connectivity index (χ0v) is 15.5. The second-order valence-corrected chi connectivity index (χ2v) is 6.28. The molecule has 0 aliphatic rings. The summed E-state index contributed by atoms with van der Waals surface area (Å²) in [6, 6.07) is 3.46.